The Balaban J connectivity index is 1.89. The first kappa shape index (κ1) is 18.0. The Morgan fingerprint density at radius 2 is 1.78 bits per heavy atom. The van der Waals surface area contributed by atoms with E-state index in [2.05, 4.69) is 4.90 Å². The van der Waals surface area contributed by atoms with Gasteiger partial charge >= 0.3 is 0 Å². The predicted octanol–water partition coefficient (Wildman–Crippen LogP) is 3.14. The van der Waals surface area contributed by atoms with Crippen molar-refractivity contribution >= 4 is 5.78 Å². The summed E-state index contributed by atoms with van der Waals surface area (Å²) in [6.07, 6.45) is 3.28. The van der Waals surface area contributed by atoms with Crippen LogP contribution in [0.5, 0.6) is 5.75 Å². The minimum Gasteiger partial charge on any atom is -0.497 e. The van der Waals surface area contributed by atoms with Crippen LogP contribution in [0.15, 0.2) is 24.3 Å². The van der Waals surface area contributed by atoms with Gasteiger partial charge in [0.05, 0.1) is 12.7 Å². The third kappa shape index (κ3) is 4.55. The lowest BCUT2D eigenvalue weighted by atomic mass is 9.87. The first-order chi connectivity index (χ1) is 11.0. The number of carbonyl (C=O) groups excluding carboxylic acids is 1. The first-order valence-corrected chi connectivity index (χ1v) is 8.64. The second-order valence-electron chi connectivity index (χ2n) is 6.57. The minimum atomic E-state index is -0.590. The molecule has 1 aliphatic heterocycles. The van der Waals surface area contributed by atoms with Gasteiger partial charge in [-0.3, -0.25) is 4.79 Å². The van der Waals surface area contributed by atoms with Gasteiger partial charge in [0.25, 0.3) is 0 Å². The lowest BCUT2D eigenvalue weighted by molar-refractivity contribution is -0.0107. The van der Waals surface area contributed by atoms with Crippen LogP contribution in [0.1, 0.15) is 49.9 Å². The van der Waals surface area contributed by atoms with E-state index in [0.29, 0.717) is 6.54 Å². The fraction of sp³-hybridized carbons (Fsp3) is 0.632. The molecule has 1 aromatic rings. The van der Waals surface area contributed by atoms with Crippen molar-refractivity contribution in [1.82, 2.24) is 4.90 Å². The van der Waals surface area contributed by atoms with Gasteiger partial charge in [-0.1, -0.05) is 13.8 Å². The molecule has 1 heterocycles. The Morgan fingerprint density at radius 3 is 2.26 bits per heavy atom. The van der Waals surface area contributed by atoms with E-state index in [4.69, 9.17) is 4.74 Å². The zero-order valence-electron chi connectivity index (χ0n) is 14.5. The number of aliphatic hydroxyl groups is 1. The third-order valence-corrected chi connectivity index (χ3v) is 5.17. The van der Waals surface area contributed by atoms with Crippen LogP contribution in [0, 0.1) is 5.92 Å². The van der Waals surface area contributed by atoms with Crippen molar-refractivity contribution in [1.29, 1.82) is 0 Å². The molecule has 0 bridgehead atoms. The predicted molar refractivity (Wildman–Crippen MR) is 92.0 cm³/mol. The Morgan fingerprint density at radius 1 is 1.22 bits per heavy atom. The van der Waals surface area contributed by atoms with E-state index in [-0.39, 0.29) is 11.7 Å². The number of Topliss-reactive ketones (excluding diaryl/α,β-unsaturated/α-hetero) is 1. The highest BCUT2D eigenvalue weighted by atomic mass is 16.5. The van der Waals surface area contributed by atoms with Crippen molar-refractivity contribution in [3.63, 3.8) is 0 Å². The van der Waals surface area contributed by atoms with Crippen molar-refractivity contribution in [2.24, 2.45) is 5.92 Å². The number of hydrogen-bond donors (Lipinski definition) is 1. The summed E-state index contributed by atoms with van der Waals surface area (Å²) in [5, 5.41) is 10.5. The van der Waals surface area contributed by atoms with Gasteiger partial charge < -0.3 is 14.7 Å². The number of hydrogen-bond acceptors (Lipinski definition) is 4. The van der Waals surface area contributed by atoms with Gasteiger partial charge in [-0.2, -0.15) is 0 Å². The van der Waals surface area contributed by atoms with Crippen LogP contribution in [0.3, 0.4) is 0 Å². The Kier molecular flexibility index (Phi) is 6.19. The molecule has 1 aromatic carbocycles. The Bertz CT molecular complexity index is 500. The zero-order valence-corrected chi connectivity index (χ0v) is 14.5. The summed E-state index contributed by atoms with van der Waals surface area (Å²) < 4.78 is 5.13. The number of β-amino-alcohol motifs (C(OH)–C–C–N with tert-alkyl or cyclic N) is 1. The standard InChI is InChI=1S/C19H29NO3/c1-4-19(22,5-2)14-20-12-10-16(11-13-20)18(21)15-6-8-17(23-3)9-7-15/h6-9,16,22H,4-5,10-14H2,1-3H3. The molecule has 0 spiro atoms. The molecule has 2 rings (SSSR count). The molecule has 1 aliphatic rings. The smallest absolute Gasteiger partial charge is 0.166 e. The van der Waals surface area contributed by atoms with Gasteiger partial charge in [-0.05, 0) is 63.0 Å². The number of ketones is 1. The van der Waals surface area contributed by atoms with E-state index in [0.717, 1.165) is 50.1 Å². The van der Waals surface area contributed by atoms with Crippen LogP contribution in [-0.4, -0.2) is 48.1 Å². The van der Waals surface area contributed by atoms with Gasteiger partial charge in [0.15, 0.2) is 5.78 Å². The van der Waals surface area contributed by atoms with Gasteiger partial charge in [-0.25, -0.2) is 0 Å². The van der Waals surface area contributed by atoms with Crippen LogP contribution in [-0.2, 0) is 0 Å². The summed E-state index contributed by atoms with van der Waals surface area (Å²) in [5.74, 6) is 1.10. The number of methoxy groups -OCH3 is 1. The minimum absolute atomic E-state index is 0.0935. The summed E-state index contributed by atoms with van der Waals surface area (Å²) >= 11 is 0. The molecule has 23 heavy (non-hydrogen) atoms. The Hall–Kier alpha value is -1.39. The lowest BCUT2D eigenvalue weighted by Crippen LogP contribution is -2.46. The maximum atomic E-state index is 12.6. The number of benzene rings is 1. The second-order valence-corrected chi connectivity index (χ2v) is 6.57. The zero-order chi connectivity index (χ0) is 16.9. The van der Waals surface area contributed by atoms with E-state index in [1.165, 1.54) is 0 Å². The number of piperidine rings is 1. The van der Waals surface area contributed by atoms with Crippen molar-refractivity contribution < 1.29 is 14.6 Å². The molecular formula is C19H29NO3. The van der Waals surface area contributed by atoms with Crippen molar-refractivity contribution in [3.8, 4) is 5.75 Å². The molecule has 1 saturated heterocycles. The van der Waals surface area contributed by atoms with Crippen molar-refractivity contribution in [3.05, 3.63) is 29.8 Å². The fourth-order valence-electron chi connectivity index (χ4n) is 3.23. The van der Waals surface area contributed by atoms with Gasteiger partial charge in [0.2, 0.25) is 0 Å². The van der Waals surface area contributed by atoms with E-state index in [1.807, 2.05) is 38.1 Å². The second kappa shape index (κ2) is 7.93. The van der Waals surface area contributed by atoms with Crippen LogP contribution in [0.4, 0.5) is 0 Å². The summed E-state index contributed by atoms with van der Waals surface area (Å²) in [5.41, 5.74) is 0.176. The average Bonchev–Trinajstić information content (AvgIpc) is 2.61. The molecule has 1 N–H and O–H groups in total. The van der Waals surface area contributed by atoms with Gasteiger partial charge in [-0.15, -0.1) is 0 Å². The summed E-state index contributed by atoms with van der Waals surface area (Å²) in [7, 11) is 1.63. The van der Waals surface area contributed by atoms with E-state index in [1.54, 1.807) is 7.11 Å². The number of likely N-dealkylation sites (tertiary alicyclic amines) is 1. The van der Waals surface area contributed by atoms with Crippen LogP contribution in [0.25, 0.3) is 0 Å². The highest BCUT2D eigenvalue weighted by Crippen LogP contribution is 2.25. The number of rotatable bonds is 7. The maximum Gasteiger partial charge on any atom is 0.166 e. The van der Waals surface area contributed by atoms with Crippen LogP contribution < -0.4 is 4.74 Å². The fourth-order valence-corrected chi connectivity index (χ4v) is 3.23. The van der Waals surface area contributed by atoms with E-state index >= 15 is 0 Å². The molecule has 0 saturated carbocycles. The summed E-state index contributed by atoms with van der Waals surface area (Å²) in [4.78, 5) is 14.9. The first-order valence-electron chi connectivity index (χ1n) is 8.64. The van der Waals surface area contributed by atoms with Crippen molar-refractivity contribution in [2.75, 3.05) is 26.7 Å². The average molecular weight is 319 g/mol. The van der Waals surface area contributed by atoms with Crippen LogP contribution in [0.2, 0.25) is 0 Å². The van der Waals surface area contributed by atoms with Gasteiger partial charge in [0.1, 0.15) is 5.75 Å². The largest absolute Gasteiger partial charge is 0.497 e. The van der Waals surface area contributed by atoms with E-state index in [9.17, 15) is 9.90 Å². The highest BCUT2D eigenvalue weighted by molar-refractivity contribution is 5.98. The van der Waals surface area contributed by atoms with E-state index < -0.39 is 5.60 Å². The van der Waals surface area contributed by atoms with Gasteiger partial charge in [0, 0.05) is 18.0 Å². The molecule has 0 unspecified atom stereocenters. The number of ether oxygens (including phenoxy) is 1. The molecule has 0 atom stereocenters. The Labute approximate surface area is 139 Å². The molecular weight excluding hydrogens is 290 g/mol. The van der Waals surface area contributed by atoms with Crippen molar-refractivity contribution in [2.45, 2.75) is 45.1 Å². The monoisotopic (exact) mass is 319 g/mol. The topological polar surface area (TPSA) is 49.8 Å². The highest BCUT2D eigenvalue weighted by Gasteiger charge is 2.30. The molecule has 0 aromatic heterocycles. The number of carbonyl (C=O) groups is 1. The molecule has 128 valence electrons. The third-order valence-electron chi connectivity index (χ3n) is 5.17. The number of nitrogens with zero attached hydrogens (tertiary/aromatic N) is 1. The quantitative estimate of drug-likeness (QED) is 0.785. The molecule has 0 amide bonds. The molecule has 1 fully saturated rings. The maximum absolute atomic E-state index is 12.6. The SMILES string of the molecule is CCC(O)(CC)CN1CCC(C(=O)c2ccc(OC)cc2)CC1. The lowest BCUT2D eigenvalue weighted by Gasteiger charge is -2.37. The molecule has 0 radical (unpaired) electrons. The normalized spacial score (nSPS) is 17.2. The summed E-state index contributed by atoms with van der Waals surface area (Å²) in [6, 6.07) is 7.37. The van der Waals surface area contributed by atoms with Crippen LogP contribution >= 0.6 is 0 Å². The summed E-state index contributed by atoms with van der Waals surface area (Å²) in [6.45, 7) is 6.54. The molecule has 4 heteroatoms. The molecule has 4 nitrogen and oxygen atoms in total. The molecule has 0 aliphatic carbocycles.